The van der Waals surface area contributed by atoms with Gasteiger partial charge in [0, 0.05) is 25.8 Å². The highest BCUT2D eigenvalue weighted by atomic mass is 15.2. The summed E-state index contributed by atoms with van der Waals surface area (Å²) >= 11 is 0. The predicted molar refractivity (Wildman–Crippen MR) is 64.3 cm³/mol. The van der Waals surface area contributed by atoms with Gasteiger partial charge in [-0.25, -0.2) is 4.98 Å². The highest BCUT2D eigenvalue weighted by molar-refractivity contribution is 5.42. The molecule has 15 heavy (non-hydrogen) atoms. The van der Waals surface area contributed by atoms with Crippen LogP contribution in [0.1, 0.15) is 13.8 Å². The van der Waals surface area contributed by atoms with Gasteiger partial charge in [0.05, 0.1) is 0 Å². The van der Waals surface area contributed by atoms with Crippen LogP contribution in [0.15, 0.2) is 24.9 Å². The van der Waals surface area contributed by atoms with E-state index in [-0.39, 0.29) is 0 Å². The van der Waals surface area contributed by atoms with Crippen LogP contribution in [-0.4, -0.2) is 29.6 Å². The Bertz CT molecular complexity index is 307. The first-order chi connectivity index (χ1) is 7.31. The average Bonchev–Trinajstić information content (AvgIpc) is 2.29. The second kappa shape index (κ2) is 6.01. The minimum absolute atomic E-state index is 0.652. The van der Waals surface area contributed by atoms with E-state index in [4.69, 9.17) is 0 Å². The summed E-state index contributed by atoms with van der Waals surface area (Å²) in [6.45, 7) is 10.5. The van der Waals surface area contributed by atoms with Crippen molar-refractivity contribution in [2.24, 2.45) is 0 Å². The monoisotopic (exact) mass is 206 g/mol. The molecule has 4 nitrogen and oxygen atoms in total. The Kier molecular flexibility index (Phi) is 4.60. The van der Waals surface area contributed by atoms with Gasteiger partial charge in [0.15, 0.2) is 0 Å². The molecule has 0 aliphatic carbocycles. The summed E-state index contributed by atoms with van der Waals surface area (Å²) < 4.78 is 0. The van der Waals surface area contributed by atoms with Crippen molar-refractivity contribution in [1.29, 1.82) is 0 Å². The number of nitrogens with zero attached hydrogens (tertiary/aromatic N) is 3. The number of aromatic nitrogens is 2. The highest BCUT2D eigenvalue weighted by Gasteiger charge is 2.03. The van der Waals surface area contributed by atoms with Crippen molar-refractivity contribution in [1.82, 2.24) is 9.97 Å². The molecular formula is C11H18N4. The van der Waals surface area contributed by atoms with Crippen molar-refractivity contribution in [3.63, 3.8) is 0 Å². The van der Waals surface area contributed by atoms with Crippen LogP contribution in [0.3, 0.4) is 0 Å². The van der Waals surface area contributed by atoms with Gasteiger partial charge in [0.1, 0.15) is 5.82 Å². The van der Waals surface area contributed by atoms with E-state index < -0.39 is 0 Å². The summed E-state index contributed by atoms with van der Waals surface area (Å²) in [5, 5.41) is 3.07. The molecule has 0 bridgehead atoms. The van der Waals surface area contributed by atoms with E-state index in [1.54, 1.807) is 12.3 Å². The van der Waals surface area contributed by atoms with Crippen molar-refractivity contribution in [2.75, 3.05) is 29.9 Å². The Morgan fingerprint density at radius 3 is 2.80 bits per heavy atom. The molecule has 0 saturated heterocycles. The first-order valence-corrected chi connectivity index (χ1v) is 5.24. The summed E-state index contributed by atoms with van der Waals surface area (Å²) in [7, 11) is 0. The van der Waals surface area contributed by atoms with Crippen molar-refractivity contribution in [3.8, 4) is 0 Å². The third-order valence-corrected chi connectivity index (χ3v) is 2.13. The maximum Gasteiger partial charge on any atom is 0.224 e. The van der Waals surface area contributed by atoms with E-state index in [2.05, 4.69) is 40.6 Å². The van der Waals surface area contributed by atoms with E-state index in [1.165, 1.54) is 0 Å². The zero-order valence-electron chi connectivity index (χ0n) is 9.40. The summed E-state index contributed by atoms with van der Waals surface area (Å²) in [4.78, 5) is 10.7. The highest BCUT2D eigenvalue weighted by Crippen LogP contribution is 2.11. The third-order valence-electron chi connectivity index (χ3n) is 2.13. The van der Waals surface area contributed by atoms with E-state index in [1.807, 2.05) is 6.07 Å². The molecule has 0 spiro atoms. The minimum atomic E-state index is 0.652. The first-order valence-electron chi connectivity index (χ1n) is 5.24. The fourth-order valence-corrected chi connectivity index (χ4v) is 1.32. The normalized spacial score (nSPS) is 9.73. The molecule has 1 N–H and O–H groups in total. The van der Waals surface area contributed by atoms with Gasteiger partial charge < -0.3 is 10.2 Å². The zero-order chi connectivity index (χ0) is 11.1. The lowest BCUT2D eigenvalue weighted by Gasteiger charge is -2.19. The van der Waals surface area contributed by atoms with Crippen molar-refractivity contribution < 1.29 is 0 Å². The molecular weight excluding hydrogens is 188 g/mol. The lowest BCUT2D eigenvalue weighted by Crippen LogP contribution is -2.23. The van der Waals surface area contributed by atoms with Crippen molar-refractivity contribution in [2.45, 2.75) is 13.8 Å². The minimum Gasteiger partial charge on any atom is -0.357 e. The van der Waals surface area contributed by atoms with E-state index >= 15 is 0 Å². The van der Waals surface area contributed by atoms with Gasteiger partial charge in [-0.05, 0) is 19.9 Å². The standard InChI is InChI=1S/C11H18N4/c1-4-8-12-11-13-9-7-10(14-11)15(5-2)6-3/h4,7,9H,1,5-6,8H2,2-3H3,(H,12,13,14). The molecule has 82 valence electrons. The summed E-state index contributed by atoms with van der Waals surface area (Å²) in [6.07, 6.45) is 3.56. The van der Waals surface area contributed by atoms with Gasteiger partial charge in [-0.1, -0.05) is 6.08 Å². The van der Waals surface area contributed by atoms with E-state index in [0.29, 0.717) is 12.5 Å². The number of anilines is 2. The maximum absolute atomic E-state index is 4.41. The SMILES string of the molecule is C=CCNc1nccc(N(CC)CC)n1. The summed E-state index contributed by atoms with van der Waals surface area (Å²) in [5.74, 6) is 1.61. The Morgan fingerprint density at radius 2 is 2.20 bits per heavy atom. The van der Waals surface area contributed by atoms with Crippen molar-refractivity contribution >= 4 is 11.8 Å². The van der Waals surface area contributed by atoms with Crippen LogP contribution < -0.4 is 10.2 Å². The molecule has 0 aliphatic heterocycles. The van der Waals surface area contributed by atoms with Gasteiger partial charge in [0.2, 0.25) is 5.95 Å². The van der Waals surface area contributed by atoms with Crippen LogP contribution in [0.5, 0.6) is 0 Å². The molecule has 0 unspecified atom stereocenters. The molecule has 4 heteroatoms. The van der Waals surface area contributed by atoms with Crippen LogP contribution in [-0.2, 0) is 0 Å². The van der Waals surface area contributed by atoms with Crippen LogP contribution in [0.2, 0.25) is 0 Å². The molecule has 0 radical (unpaired) electrons. The smallest absolute Gasteiger partial charge is 0.224 e. The van der Waals surface area contributed by atoms with Crippen LogP contribution in [0.4, 0.5) is 11.8 Å². The van der Waals surface area contributed by atoms with Gasteiger partial charge in [-0.2, -0.15) is 4.98 Å². The maximum atomic E-state index is 4.41. The molecule has 1 rings (SSSR count). The van der Waals surface area contributed by atoms with Crippen molar-refractivity contribution in [3.05, 3.63) is 24.9 Å². The number of nitrogens with one attached hydrogen (secondary N) is 1. The Labute approximate surface area is 91.0 Å². The Balaban J connectivity index is 2.76. The van der Waals surface area contributed by atoms with Crippen LogP contribution in [0, 0.1) is 0 Å². The fourth-order valence-electron chi connectivity index (χ4n) is 1.32. The molecule has 0 fully saturated rings. The average molecular weight is 206 g/mol. The summed E-state index contributed by atoms with van der Waals surface area (Å²) in [5.41, 5.74) is 0. The molecule has 0 amide bonds. The second-order valence-electron chi connectivity index (χ2n) is 3.08. The van der Waals surface area contributed by atoms with Gasteiger partial charge in [-0.3, -0.25) is 0 Å². The number of hydrogen-bond acceptors (Lipinski definition) is 4. The molecule has 1 aromatic rings. The van der Waals surface area contributed by atoms with Gasteiger partial charge in [-0.15, -0.1) is 6.58 Å². The van der Waals surface area contributed by atoms with E-state index in [0.717, 1.165) is 18.9 Å². The molecule has 0 saturated carbocycles. The third kappa shape index (κ3) is 3.23. The largest absolute Gasteiger partial charge is 0.357 e. The Hall–Kier alpha value is -1.58. The van der Waals surface area contributed by atoms with Crippen LogP contribution in [0.25, 0.3) is 0 Å². The predicted octanol–water partition coefficient (Wildman–Crippen LogP) is 1.92. The fraction of sp³-hybridized carbons (Fsp3) is 0.455. The molecule has 0 atom stereocenters. The molecule has 1 aromatic heterocycles. The number of hydrogen-bond donors (Lipinski definition) is 1. The van der Waals surface area contributed by atoms with Gasteiger partial charge >= 0.3 is 0 Å². The molecule has 1 heterocycles. The van der Waals surface area contributed by atoms with E-state index in [9.17, 15) is 0 Å². The lowest BCUT2D eigenvalue weighted by atomic mass is 10.4. The quantitative estimate of drug-likeness (QED) is 0.722. The Morgan fingerprint density at radius 1 is 1.47 bits per heavy atom. The molecule has 0 aromatic carbocycles. The second-order valence-corrected chi connectivity index (χ2v) is 3.08. The topological polar surface area (TPSA) is 41.1 Å². The molecule has 0 aliphatic rings. The van der Waals surface area contributed by atoms with Gasteiger partial charge in [0.25, 0.3) is 0 Å². The number of rotatable bonds is 6. The first kappa shape index (κ1) is 11.5. The lowest BCUT2D eigenvalue weighted by molar-refractivity contribution is 0.842. The van der Waals surface area contributed by atoms with Crippen LogP contribution >= 0.6 is 0 Å². The summed E-state index contributed by atoms with van der Waals surface area (Å²) in [6, 6.07) is 1.92. The zero-order valence-corrected chi connectivity index (χ0v) is 9.40.